The smallest absolute Gasteiger partial charge is 0.226 e. The maximum atomic E-state index is 11.7. The van der Waals surface area contributed by atoms with Crippen molar-refractivity contribution >= 4 is 39.9 Å². The minimum Gasteiger partial charge on any atom is -0.493 e. The molecule has 9 nitrogen and oxygen atoms in total. The summed E-state index contributed by atoms with van der Waals surface area (Å²) in [6.07, 6.45) is 4.38. The number of halogens is 1. The quantitative estimate of drug-likeness (QED) is 0.268. The molecular formula is C27H26ClN5O4. The van der Waals surface area contributed by atoms with Gasteiger partial charge in [-0.3, -0.25) is 9.78 Å². The number of amides is 1. The van der Waals surface area contributed by atoms with Gasteiger partial charge >= 0.3 is 0 Å². The summed E-state index contributed by atoms with van der Waals surface area (Å²) in [5.74, 6) is 1.27. The van der Waals surface area contributed by atoms with Crippen LogP contribution in [0.4, 0.5) is 11.5 Å². The molecule has 1 aliphatic carbocycles. The molecule has 2 aromatic carbocycles. The zero-order chi connectivity index (χ0) is 25.8. The second-order valence-corrected chi connectivity index (χ2v) is 9.38. The summed E-state index contributed by atoms with van der Waals surface area (Å²) in [6, 6.07) is 16.6. The fraction of sp³-hybridized carbons (Fsp3) is 0.259. The summed E-state index contributed by atoms with van der Waals surface area (Å²) in [4.78, 5) is 24.7. The number of anilines is 2. The first-order valence-corrected chi connectivity index (χ1v) is 12.2. The number of rotatable bonds is 11. The molecule has 1 amide bonds. The number of hydrogen-bond acceptors (Lipinski definition) is 8. The maximum Gasteiger partial charge on any atom is 0.226 e. The molecule has 4 aromatic rings. The van der Waals surface area contributed by atoms with Crippen LogP contribution in [0.25, 0.3) is 10.9 Å². The number of nitrogens with zero attached hydrogens (tertiary/aromatic N) is 3. The van der Waals surface area contributed by atoms with Crippen LogP contribution in [0, 0.1) is 11.3 Å². The number of benzene rings is 2. The number of ether oxygens (including phenoxy) is 2. The Hall–Kier alpha value is -3.95. The van der Waals surface area contributed by atoms with Gasteiger partial charge in [0.15, 0.2) is 0 Å². The number of hydrogen-bond donors (Lipinski definition) is 3. The third-order valence-electron chi connectivity index (χ3n) is 6.65. The van der Waals surface area contributed by atoms with E-state index in [1.165, 1.54) is 6.33 Å². The first-order chi connectivity index (χ1) is 18.0. The van der Waals surface area contributed by atoms with Crippen molar-refractivity contribution in [3.8, 4) is 11.5 Å². The van der Waals surface area contributed by atoms with Gasteiger partial charge in [-0.2, -0.15) is 0 Å². The third-order valence-corrected chi connectivity index (χ3v) is 6.95. The lowest BCUT2D eigenvalue weighted by Crippen LogP contribution is -2.30. The van der Waals surface area contributed by atoms with Crippen LogP contribution < -0.4 is 20.5 Å². The molecule has 2 atom stereocenters. The minimum atomic E-state index is -0.815. The SMILES string of the molecule is NC(=O)C1(CO)CC1CCOc1cccc2ncnc(Nc3ccc(OCc4ccccn4)c(Cl)c3)c12. The Morgan fingerprint density at radius 3 is 2.73 bits per heavy atom. The number of nitrogens with one attached hydrogen (secondary N) is 1. The average Bonchev–Trinajstić information content (AvgIpc) is 3.64. The van der Waals surface area contributed by atoms with E-state index in [0.717, 1.165) is 16.8 Å². The lowest BCUT2D eigenvalue weighted by Gasteiger charge is -2.14. The van der Waals surface area contributed by atoms with Gasteiger partial charge in [0.1, 0.15) is 30.3 Å². The summed E-state index contributed by atoms with van der Waals surface area (Å²) < 4.78 is 11.9. The van der Waals surface area contributed by atoms with Gasteiger partial charge in [-0.15, -0.1) is 0 Å². The second-order valence-electron chi connectivity index (χ2n) is 8.97. The molecule has 0 radical (unpaired) electrons. The van der Waals surface area contributed by atoms with E-state index in [-0.39, 0.29) is 12.5 Å². The normalized spacial score (nSPS) is 18.4. The van der Waals surface area contributed by atoms with Gasteiger partial charge in [0.05, 0.1) is 40.2 Å². The Labute approximate surface area is 218 Å². The molecule has 0 saturated heterocycles. The van der Waals surface area contributed by atoms with E-state index in [1.807, 2.05) is 42.5 Å². The summed E-state index contributed by atoms with van der Waals surface area (Å²) in [6.45, 7) is 0.435. The Kier molecular flexibility index (Phi) is 7.07. The van der Waals surface area contributed by atoms with E-state index in [4.69, 9.17) is 26.8 Å². The van der Waals surface area contributed by atoms with Crippen LogP contribution in [0.1, 0.15) is 18.5 Å². The van der Waals surface area contributed by atoms with Crippen molar-refractivity contribution in [3.05, 3.63) is 77.8 Å². The van der Waals surface area contributed by atoms with Gasteiger partial charge in [-0.1, -0.05) is 23.7 Å². The summed E-state index contributed by atoms with van der Waals surface area (Å²) >= 11 is 6.48. The number of nitrogens with two attached hydrogens (primary N) is 1. The van der Waals surface area contributed by atoms with Crippen molar-refractivity contribution < 1.29 is 19.4 Å². The van der Waals surface area contributed by atoms with Crippen molar-refractivity contribution in [1.29, 1.82) is 0 Å². The first kappa shape index (κ1) is 24.7. The van der Waals surface area contributed by atoms with Crippen LogP contribution in [-0.4, -0.2) is 39.2 Å². The minimum absolute atomic E-state index is 0.0133. The molecule has 4 N–H and O–H groups in total. The fourth-order valence-corrected chi connectivity index (χ4v) is 4.64. The van der Waals surface area contributed by atoms with Crippen LogP contribution in [0.15, 0.2) is 67.1 Å². The third kappa shape index (κ3) is 5.28. The molecule has 2 heterocycles. The summed E-state index contributed by atoms with van der Waals surface area (Å²) in [5, 5.41) is 14.0. The molecule has 0 aliphatic heterocycles. The van der Waals surface area contributed by atoms with Crippen LogP contribution in [-0.2, 0) is 11.4 Å². The van der Waals surface area contributed by atoms with Crippen molar-refractivity contribution in [3.63, 3.8) is 0 Å². The molecule has 0 spiro atoms. The van der Waals surface area contributed by atoms with Crippen LogP contribution in [0.5, 0.6) is 11.5 Å². The monoisotopic (exact) mass is 519 g/mol. The predicted octanol–water partition coefficient (Wildman–Crippen LogP) is 4.25. The Bertz CT molecular complexity index is 1420. The lowest BCUT2D eigenvalue weighted by molar-refractivity contribution is -0.125. The van der Waals surface area contributed by atoms with Gasteiger partial charge in [-0.05, 0) is 61.2 Å². The van der Waals surface area contributed by atoms with Crippen LogP contribution >= 0.6 is 11.6 Å². The molecule has 1 saturated carbocycles. The average molecular weight is 520 g/mol. The molecule has 5 rings (SSSR count). The Morgan fingerprint density at radius 2 is 2.00 bits per heavy atom. The van der Waals surface area contributed by atoms with Crippen molar-refractivity contribution in [2.24, 2.45) is 17.1 Å². The summed E-state index contributed by atoms with van der Waals surface area (Å²) in [7, 11) is 0. The second kappa shape index (κ2) is 10.6. The fourth-order valence-electron chi connectivity index (χ4n) is 4.40. The van der Waals surface area contributed by atoms with Crippen molar-refractivity contribution in [2.75, 3.05) is 18.5 Å². The maximum absolute atomic E-state index is 11.7. The van der Waals surface area contributed by atoms with E-state index in [2.05, 4.69) is 20.3 Å². The number of aliphatic hydroxyl groups excluding tert-OH is 1. The Balaban J connectivity index is 1.29. The summed E-state index contributed by atoms with van der Waals surface area (Å²) in [5.41, 5.74) is 6.89. The molecule has 0 bridgehead atoms. The number of carbonyl (C=O) groups excluding carboxylic acids is 1. The topological polar surface area (TPSA) is 132 Å². The Morgan fingerprint density at radius 1 is 1.11 bits per heavy atom. The van der Waals surface area contributed by atoms with Crippen molar-refractivity contribution in [1.82, 2.24) is 15.0 Å². The molecule has 1 aliphatic rings. The van der Waals surface area contributed by atoms with Crippen molar-refractivity contribution in [2.45, 2.75) is 19.4 Å². The zero-order valence-electron chi connectivity index (χ0n) is 19.9. The standard InChI is InChI=1S/C27H26ClN5O4/c28-20-12-18(7-8-22(20)37-14-19-4-1-2-10-30-19)33-25-24-21(31-16-32-25)5-3-6-23(24)36-11-9-17-13-27(17,15-34)26(29)35/h1-8,10,12,16-17,34H,9,11,13-15H2,(H2,29,35)(H,31,32,33). The van der Waals surface area contributed by atoms with Gasteiger partial charge in [0, 0.05) is 11.9 Å². The number of carbonyl (C=O) groups is 1. The van der Waals surface area contributed by atoms with Crippen LogP contribution in [0.3, 0.4) is 0 Å². The van der Waals surface area contributed by atoms with E-state index in [1.54, 1.807) is 18.3 Å². The largest absolute Gasteiger partial charge is 0.493 e. The molecular weight excluding hydrogens is 494 g/mol. The lowest BCUT2D eigenvalue weighted by atomic mass is 10.0. The van der Waals surface area contributed by atoms with E-state index in [0.29, 0.717) is 53.9 Å². The number of aliphatic hydroxyl groups is 1. The van der Waals surface area contributed by atoms with Gasteiger partial charge in [0.25, 0.3) is 0 Å². The highest BCUT2D eigenvalue weighted by molar-refractivity contribution is 6.32. The molecule has 190 valence electrons. The van der Waals surface area contributed by atoms with Gasteiger partial charge in [-0.25, -0.2) is 9.97 Å². The number of primary amides is 1. The number of aromatic nitrogens is 3. The van der Waals surface area contributed by atoms with E-state index < -0.39 is 11.3 Å². The highest BCUT2D eigenvalue weighted by Crippen LogP contribution is 2.54. The molecule has 10 heteroatoms. The molecule has 1 fully saturated rings. The van der Waals surface area contributed by atoms with E-state index in [9.17, 15) is 9.90 Å². The van der Waals surface area contributed by atoms with Gasteiger partial charge in [0.2, 0.25) is 5.91 Å². The number of pyridine rings is 1. The first-order valence-electron chi connectivity index (χ1n) is 11.9. The van der Waals surface area contributed by atoms with Gasteiger partial charge < -0.3 is 25.6 Å². The molecule has 37 heavy (non-hydrogen) atoms. The predicted molar refractivity (Wildman–Crippen MR) is 140 cm³/mol. The molecule has 2 unspecified atom stereocenters. The van der Waals surface area contributed by atoms with Crippen LogP contribution in [0.2, 0.25) is 5.02 Å². The highest BCUT2D eigenvalue weighted by Gasteiger charge is 2.58. The molecule has 2 aromatic heterocycles. The zero-order valence-corrected chi connectivity index (χ0v) is 20.7. The highest BCUT2D eigenvalue weighted by atomic mass is 35.5. The number of fused-ring (bicyclic) bond motifs is 1. The van der Waals surface area contributed by atoms with E-state index >= 15 is 0 Å².